The molecule has 0 spiro atoms. The normalized spacial score (nSPS) is 10.9. The van der Waals surface area contributed by atoms with Gasteiger partial charge in [0.1, 0.15) is 5.75 Å². The monoisotopic (exact) mass is 469 g/mol. The molecule has 0 aliphatic heterocycles. The summed E-state index contributed by atoms with van der Waals surface area (Å²) in [6.07, 6.45) is 0. The second-order valence-electron chi connectivity index (χ2n) is 6.80. The summed E-state index contributed by atoms with van der Waals surface area (Å²) in [6.45, 7) is 6.07. The lowest BCUT2D eigenvalue weighted by atomic mass is 10.0. The molecule has 2 N–H and O–H groups in total. The molecule has 2 aromatic rings. The van der Waals surface area contributed by atoms with Crippen molar-refractivity contribution in [3.05, 3.63) is 32.9 Å². The summed E-state index contributed by atoms with van der Waals surface area (Å²) in [5.41, 5.74) is 8.59. The third-order valence-electron chi connectivity index (χ3n) is 4.53. The summed E-state index contributed by atoms with van der Waals surface area (Å²) in [7, 11) is 5.09. The van der Waals surface area contributed by atoms with Gasteiger partial charge in [-0.25, -0.2) is 14.8 Å². The molecular formula is C19H25BrClN5O2. The van der Waals surface area contributed by atoms with Gasteiger partial charge in [0.2, 0.25) is 5.95 Å². The van der Waals surface area contributed by atoms with Crippen molar-refractivity contribution in [2.45, 2.75) is 33.4 Å². The van der Waals surface area contributed by atoms with Gasteiger partial charge in [0.25, 0.3) is 0 Å². The highest BCUT2D eigenvalue weighted by Gasteiger charge is 2.22. The third-order valence-corrected chi connectivity index (χ3v) is 5.46. The van der Waals surface area contributed by atoms with Crippen LogP contribution in [0.2, 0.25) is 5.02 Å². The number of urea groups is 1. The van der Waals surface area contributed by atoms with E-state index in [9.17, 15) is 4.79 Å². The van der Waals surface area contributed by atoms with Crippen molar-refractivity contribution < 1.29 is 9.53 Å². The van der Waals surface area contributed by atoms with E-state index in [1.807, 2.05) is 20.8 Å². The van der Waals surface area contributed by atoms with Crippen LogP contribution in [0, 0.1) is 6.92 Å². The molecule has 28 heavy (non-hydrogen) atoms. The highest BCUT2D eigenvalue weighted by molar-refractivity contribution is 9.10. The van der Waals surface area contributed by atoms with Crippen LogP contribution >= 0.6 is 27.5 Å². The minimum atomic E-state index is -0.100. The number of amides is 2. The number of carbonyl (C=O) groups excluding carboxylic acids is 1. The number of halogens is 2. The molecule has 0 aliphatic rings. The summed E-state index contributed by atoms with van der Waals surface area (Å²) in [5.74, 6) is 0.756. The number of methoxy groups -OCH3 is 1. The van der Waals surface area contributed by atoms with E-state index < -0.39 is 0 Å². The van der Waals surface area contributed by atoms with Crippen LogP contribution in [0.25, 0.3) is 11.3 Å². The lowest BCUT2D eigenvalue weighted by Crippen LogP contribution is -2.42. The van der Waals surface area contributed by atoms with E-state index in [2.05, 4.69) is 25.9 Å². The molecule has 9 heteroatoms. The Balaban J connectivity index is 2.55. The summed E-state index contributed by atoms with van der Waals surface area (Å²) >= 11 is 9.91. The molecule has 152 valence electrons. The highest BCUT2D eigenvalue weighted by Crippen LogP contribution is 2.38. The zero-order valence-electron chi connectivity index (χ0n) is 16.9. The van der Waals surface area contributed by atoms with Crippen LogP contribution in [-0.2, 0) is 6.54 Å². The van der Waals surface area contributed by atoms with Crippen molar-refractivity contribution in [1.82, 2.24) is 19.8 Å². The zero-order chi connectivity index (χ0) is 21.2. The first-order valence-electron chi connectivity index (χ1n) is 8.71. The second kappa shape index (κ2) is 8.96. The van der Waals surface area contributed by atoms with E-state index in [0.717, 1.165) is 10.0 Å². The maximum absolute atomic E-state index is 12.7. The Morgan fingerprint density at radius 1 is 1.32 bits per heavy atom. The van der Waals surface area contributed by atoms with E-state index in [1.165, 1.54) is 0 Å². The molecule has 2 rings (SSSR count). The number of aryl methyl sites for hydroxylation is 1. The molecule has 1 aromatic carbocycles. The van der Waals surface area contributed by atoms with E-state index >= 15 is 0 Å². The quantitative estimate of drug-likeness (QED) is 0.702. The second-order valence-corrected chi connectivity index (χ2v) is 8.07. The standard InChI is InChI=1S/C19H25BrClN5O2/c1-10(2)26(5)19(27)25(4)9-13-11(3)23-18(22)24-17(13)12-7-16(28-6)14(20)8-15(12)21/h7-8,10H,9H2,1-6H3,(H2,22,23,24). The zero-order valence-corrected chi connectivity index (χ0v) is 19.2. The third kappa shape index (κ3) is 4.67. The van der Waals surface area contributed by atoms with Crippen LogP contribution < -0.4 is 10.5 Å². The molecule has 1 aromatic heterocycles. The van der Waals surface area contributed by atoms with E-state index in [4.69, 9.17) is 22.1 Å². The number of anilines is 1. The molecule has 0 aliphatic carbocycles. The van der Waals surface area contributed by atoms with Crippen molar-refractivity contribution >= 4 is 39.5 Å². The van der Waals surface area contributed by atoms with Gasteiger partial charge in [0.05, 0.1) is 28.8 Å². The molecule has 0 unspecified atom stereocenters. The predicted octanol–water partition coefficient (Wildman–Crippen LogP) is 4.35. The van der Waals surface area contributed by atoms with Gasteiger partial charge in [-0.3, -0.25) is 0 Å². The van der Waals surface area contributed by atoms with Crippen LogP contribution in [0.5, 0.6) is 5.75 Å². The number of aromatic nitrogens is 2. The fourth-order valence-electron chi connectivity index (χ4n) is 2.69. The number of rotatable bonds is 5. The molecular weight excluding hydrogens is 446 g/mol. The number of nitrogens with zero attached hydrogens (tertiary/aromatic N) is 4. The minimum Gasteiger partial charge on any atom is -0.496 e. The molecule has 2 amide bonds. The predicted molar refractivity (Wildman–Crippen MR) is 116 cm³/mol. The van der Waals surface area contributed by atoms with Crippen molar-refractivity contribution in [2.24, 2.45) is 0 Å². The van der Waals surface area contributed by atoms with Gasteiger partial charge in [-0.15, -0.1) is 0 Å². The average molecular weight is 471 g/mol. The van der Waals surface area contributed by atoms with E-state index in [-0.39, 0.29) is 18.0 Å². The first-order valence-corrected chi connectivity index (χ1v) is 9.88. The molecule has 7 nitrogen and oxygen atoms in total. The molecule has 0 saturated carbocycles. The van der Waals surface area contributed by atoms with Crippen molar-refractivity contribution in [3.8, 4) is 17.0 Å². The summed E-state index contributed by atoms with van der Waals surface area (Å²) < 4.78 is 6.12. The number of ether oxygens (including phenoxy) is 1. The first kappa shape index (κ1) is 22.2. The Bertz CT molecular complexity index is 891. The summed E-state index contributed by atoms with van der Waals surface area (Å²) in [4.78, 5) is 24.6. The molecule has 0 bridgehead atoms. The number of hydrogen-bond donors (Lipinski definition) is 1. The highest BCUT2D eigenvalue weighted by atomic mass is 79.9. The van der Waals surface area contributed by atoms with Gasteiger partial charge in [-0.1, -0.05) is 11.6 Å². The van der Waals surface area contributed by atoms with E-state index in [0.29, 0.717) is 34.3 Å². The Morgan fingerprint density at radius 2 is 1.96 bits per heavy atom. The Kier molecular flexibility index (Phi) is 7.11. The average Bonchev–Trinajstić information content (AvgIpc) is 2.62. The molecule has 0 saturated heterocycles. The molecule has 1 heterocycles. The van der Waals surface area contributed by atoms with Crippen LogP contribution in [0.15, 0.2) is 16.6 Å². The molecule has 0 atom stereocenters. The van der Waals surface area contributed by atoms with Gasteiger partial charge in [-0.2, -0.15) is 0 Å². The number of hydrogen-bond acceptors (Lipinski definition) is 5. The lowest BCUT2D eigenvalue weighted by molar-refractivity contribution is 0.160. The summed E-state index contributed by atoms with van der Waals surface area (Å²) in [5, 5.41) is 0.486. The van der Waals surface area contributed by atoms with Gasteiger partial charge < -0.3 is 20.3 Å². The van der Waals surface area contributed by atoms with Crippen LogP contribution in [0.3, 0.4) is 0 Å². The smallest absolute Gasteiger partial charge is 0.320 e. The van der Waals surface area contributed by atoms with Crippen molar-refractivity contribution in [1.29, 1.82) is 0 Å². The number of carbonyl (C=O) groups is 1. The fraction of sp³-hybridized carbons (Fsp3) is 0.421. The number of benzene rings is 1. The van der Waals surface area contributed by atoms with Gasteiger partial charge in [-0.05, 0) is 48.8 Å². The van der Waals surface area contributed by atoms with Crippen LogP contribution in [0.4, 0.5) is 10.7 Å². The van der Waals surface area contributed by atoms with Gasteiger partial charge in [0, 0.05) is 37.0 Å². The maximum atomic E-state index is 12.7. The Morgan fingerprint density at radius 3 is 2.54 bits per heavy atom. The van der Waals surface area contributed by atoms with Gasteiger partial charge in [0.15, 0.2) is 0 Å². The molecule has 0 radical (unpaired) electrons. The van der Waals surface area contributed by atoms with Crippen LogP contribution in [-0.4, -0.2) is 53.0 Å². The van der Waals surface area contributed by atoms with Crippen molar-refractivity contribution in [2.75, 3.05) is 26.9 Å². The fourth-order valence-corrected chi connectivity index (χ4v) is 3.58. The Hall–Kier alpha value is -2.06. The maximum Gasteiger partial charge on any atom is 0.320 e. The number of nitrogens with two attached hydrogens (primary N) is 1. The van der Waals surface area contributed by atoms with E-state index in [1.54, 1.807) is 43.1 Å². The number of nitrogen functional groups attached to an aromatic ring is 1. The van der Waals surface area contributed by atoms with Crippen LogP contribution in [0.1, 0.15) is 25.1 Å². The minimum absolute atomic E-state index is 0.0864. The summed E-state index contributed by atoms with van der Waals surface area (Å²) in [6, 6.07) is 3.52. The SMILES string of the molecule is COc1cc(-c2nc(N)nc(C)c2CN(C)C(=O)N(C)C(C)C)c(Cl)cc1Br. The van der Waals surface area contributed by atoms with Crippen molar-refractivity contribution in [3.63, 3.8) is 0 Å². The van der Waals surface area contributed by atoms with Gasteiger partial charge >= 0.3 is 6.03 Å². The Labute approximate surface area is 179 Å². The first-order chi connectivity index (χ1) is 13.1. The lowest BCUT2D eigenvalue weighted by Gasteiger charge is -2.28. The largest absolute Gasteiger partial charge is 0.496 e. The topological polar surface area (TPSA) is 84.6 Å². The molecule has 0 fully saturated rings.